The smallest absolute Gasteiger partial charge is 0.321 e. The minimum atomic E-state index is -0.890. The highest BCUT2D eigenvalue weighted by atomic mass is 16.4. The van der Waals surface area contributed by atoms with Crippen molar-refractivity contribution in [3.05, 3.63) is 95.1 Å². The zero-order chi connectivity index (χ0) is 24.9. The Bertz CT molecular complexity index is 1380. The number of amidine groups is 2. The van der Waals surface area contributed by atoms with Crippen molar-refractivity contribution in [2.24, 2.45) is 11.5 Å². The molecular formula is C27H28N6O2. The van der Waals surface area contributed by atoms with E-state index >= 15 is 0 Å². The number of aromatic nitrogens is 1. The van der Waals surface area contributed by atoms with Crippen molar-refractivity contribution in [2.45, 2.75) is 18.9 Å². The fourth-order valence-electron chi connectivity index (χ4n) is 4.21. The first-order chi connectivity index (χ1) is 16.8. The molecule has 0 spiro atoms. The number of hydrogen-bond acceptors (Lipinski definition) is 4. The quantitative estimate of drug-likeness (QED) is 0.140. The van der Waals surface area contributed by atoms with E-state index < -0.39 is 12.0 Å². The predicted octanol–water partition coefficient (Wildman–Crippen LogP) is 3.23. The summed E-state index contributed by atoms with van der Waals surface area (Å²) in [5, 5.41) is 29.3. The van der Waals surface area contributed by atoms with Gasteiger partial charge in [-0.2, -0.15) is 0 Å². The fraction of sp³-hybridized carbons (Fsp3) is 0.148. The van der Waals surface area contributed by atoms with E-state index in [9.17, 15) is 9.90 Å². The van der Waals surface area contributed by atoms with Gasteiger partial charge in [0.2, 0.25) is 0 Å². The highest BCUT2D eigenvalue weighted by molar-refractivity contribution is 6.01. The number of aromatic amines is 1. The van der Waals surface area contributed by atoms with Crippen molar-refractivity contribution < 1.29 is 9.90 Å². The van der Waals surface area contributed by atoms with E-state index in [-0.39, 0.29) is 11.7 Å². The van der Waals surface area contributed by atoms with Gasteiger partial charge in [0.25, 0.3) is 0 Å². The molecule has 0 saturated heterocycles. The molecule has 0 saturated carbocycles. The summed E-state index contributed by atoms with van der Waals surface area (Å²) in [6.45, 7) is 0.462. The van der Waals surface area contributed by atoms with Crippen LogP contribution in [0.2, 0.25) is 0 Å². The SMILES string of the molecule is N=C(N)c1ccc(-c2[nH]c3cc(C(=N)N)ccc3c2CCNC(Cc2ccccc2)C(=O)O)cc1. The Morgan fingerprint density at radius 1 is 0.943 bits per heavy atom. The lowest BCUT2D eigenvalue weighted by Gasteiger charge is -2.15. The lowest BCUT2D eigenvalue weighted by molar-refractivity contribution is -0.139. The van der Waals surface area contributed by atoms with Crippen LogP contribution < -0.4 is 16.8 Å². The molecule has 1 atom stereocenters. The molecule has 1 heterocycles. The summed E-state index contributed by atoms with van der Waals surface area (Å²) in [6, 6.07) is 21.8. The summed E-state index contributed by atoms with van der Waals surface area (Å²) in [4.78, 5) is 15.3. The lowest BCUT2D eigenvalue weighted by atomic mass is 10.00. The van der Waals surface area contributed by atoms with Crippen molar-refractivity contribution in [2.75, 3.05) is 6.54 Å². The molecule has 3 aromatic carbocycles. The fourth-order valence-corrected chi connectivity index (χ4v) is 4.21. The number of carboxylic acid groups (broad SMARTS) is 1. The molecule has 1 unspecified atom stereocenters. The summed E-state index contributed by atoms with van der Waals surface area (Å²) < 4.78 is 0. The minimum absolute atomic E-state index is 0.00171. The van der Waals surface area contributed by atoms with Gasteiger partial charge in [0, 0.05) is 34.3 Å². The van der Waals surface area contributed by atoms with E-state index in [2.05, 4.69) is 10.3 Å². The van der Waals surface area contributed by atoms with E-state index in [1.165, 1.54) is 0 Å². The standard InChI is InChI=1S/C27H28N6O2/c28-25(29)18-8-6-17(7-9-18)24-21(20-11-10-19(26(30)31)15-22(20)33-24)12-13-32-23(27(34)35)14-16-4-2-1-3-5-16/h1-11,15,23,32-33H,12-14H2,(H3,28,29)(H3,30,31)(H,34,35). The number of benzene rings is 3. The second kappa shape index (κ2) is 10.2. The topological polar surface area (TPSA) is 165 Å². The third kappa shape index (κ3) is 5.39. The van der Waals surface area contributed by atoms with E-state index in [0.717, 1.165) is 33.3 Å². The van der Waals surface area contributed by atoms with Gasteiger partial charge >= 0.3 is 5.97 Å². The van der Waals surface area contributed by atoms with Gasteiger partial charge in [-0.3, -0.25) is 15.6 Å². The molecule has 0 radical (unpaired) electrons. The van der Waals surface area contributed by atoms with Crippen LogP contribution in [0, 0.1) is 10.8 Å². The molecule has 1 aromatic heterocycles. The predicted molar refractivity (Wildman–Crippen MR) is 139 cm³/mol. The highest BCUT2D eigenvalue weighted by Gasteiger charge is 2.19. The van der Waals surface area contributed by atoms with Gasteiger partial charge in [-0.15, -0.1) is 0 Å². The van der Waals surface area contributed by atoms with Crippen molar-refractivity contribution in [1.29, 1.82) is 10.8 Å². The summed E-state index contributed by atoms with van der Waals surface area (Å²) in [6.07, 6.45) is 0.979. The molecule has 8 nitrogen and oxygen atoms in total. The van der Waals surface area contributed by atoms with Gasteiger partial charge in [-0.25, -0.2) is 0 Å². The number of rotatable bonds is 10. The van der Waals surface area contributed by atoms with Crippen LogP contribution in [0.4, 0.5) is 0 Å². The third-order valence-corrected chi connectivity index (χ3v) is 6.05. The number of nitrogen functional groups attached to an aromatic ring is 2. The first-order valence-corrected chi connectivity index (χ1v) is 11.3. The van der Waals surface area contributed by atoms with Crippen LogP contribution in [-0.4, -0.2) is 40.3 Å². The molecule has 4 rings (SSSR count). The van der Waals surface area contributed by atoms with Crippen LogP contribution >= 0.6 is 0 Å². The Labute approximate surface area is 203 Å². The Morgan fingerprint density at radius 2 is 1.60 bits per heavy atom. The van der Waals surface area contributed by atoms with Crippen molar-refractivity contribution >= 4 is 28.5 Å². The van der Waals surface area contributed by atoms with E-state index in [0.29, 0.717) is 30.5 Å². The number of fused-ring (bicyclic) bond motifs is 1. The highest BCUT2D eigenvalue weighted by Crippen LogP contribution is 2.31. The summed E-state index contributed by atoms with van der Waals surface area (Å²) in [5.41, 5.74) is 17.2. The minimum Gasteiger partial charge on any atom is -0.480 e. The van der Waals surface area contributed by atoms with Gasteiger partial charge < -0.3 is 26.9 Å². The number of aliphatic carboxylic acids is 1. The van der Waals surface area contributed by atoms with Gasteiger partial charge in [-0.1, -0.05) is 66.7 Å². The zero-order valence-corrected chi connectivity index (χ0v) is 19.1. The normalized spacial score (nSPS) is 11.9. The summed E-state index contributed by atoms with van der Waals surface area (Å²) in [5.74, 6) is -0.900. The molecule has 0 aliphatic carbocycles. The van der Waals surface area contributed by atoms with Crippen LogP contribution in [0.1, 0.15) is 22.3 Å². The molecule has 8 heteroatoms. The molecule has 35 heavy (non-hydrogen) atoms. The molecule has 0 aliphatic heterocycles. The molecule has 0 fully saturated rings. The number of nitrogens with one attached hydrogen (secondary N) is 4. The molecule has 9 N–H and O–H groups in total. The second-order valence-corrected chi connectivity index (χ2v) is 8.43. The van der Waals surface area contributed by atoms with Crippen LogP contribution in [0.25, 0.3) is 22.2 Å². The molecule has 0 aliphatic rings. The zero-order valence-electron chi connectivity index (χ0n) is 19.1. The maximum Gasteiger partial charge on any atom is 0.321 e. The second-order valence-electron chi connectivity index (χ2n) is 8.43. The van der Waals surface area contributed by atoms with Crippen LogP contribution in [0.5, 0.6) is 0 Å². The van der Waals surface area contributed by atoms with Gasteiger partial charge in [-0.05, 0) is 35.6 Å². The largest absolute Gasteiger partial charge is 0.480 e. The number of H-pyrrole nitrogens is 1. The molecule has 0 amide bonds. The first-order valence-electron chi connectivity index (χ1n) is 11.3. The van der Waals surface area contributed by atoms with Crippen LogP contribution in [-0.2, 0) is 17.6 Å². The maximum atomic E-state index is 11.9. The Hall–Kier alpha value is -4.43. The van der Waals surface area contributed by atoms with Gasteiger partial charge in [0.1, 0.15) is 17.7 Å². The molecule has 178 valence electrons. The average Bonchev–Trinajstić information content (AvgIpc) is 3.21. The number of carbonyl (C=O) groups is 1. The molecule has 0 bridgehead atoms. The number of carboxylic acids is 1. The van der Waals surface area contributed by atoms with Crippen LogP contribution in [0.15, 0.2) is 72.8 Å². The van der Waals surface area contributed by atoms with Crippen molar-refractivity contribution in [1.82, 2.24) is 10.3 Å². The Kier molecular flexibility index (Phi) is 6.93. The third-order valence-electron chi connectivity index (χ3n) is 6.05. The Balaban J connectivity index is 1.62. The monoisotopic (exact) mass is 468 g/mol. The van der Waals surface area contributed by atoms with E-state index in [1.807, 2.05) is 60.7 Å². The van der Waals surface area contributed by atoms with Crippen molar-refractivity contribution in [3.63, 3.8) is 0 Å². The summed E-state index contributed by atoms with van der Waals surface area (Å²) >= 11 is 0. The lowest BCUT2D eigenvalue weighted by Crippen LogP contribution is -2.39. The Morgan fingerprint density at radius 3 is 2.23 bits per heavy atom. The summed E-state index contributed by atoms with van der Waals surface area (Å²) in [7, 11) is 0. The maximum absolute atomic E-state index is 11.9. The van der Waals surface area contributed by atoms with Crippen LogP contribution in [0.3, 0.4) is 0 Å². The van der Waals surface area contributed by atoms with Gasteiger partial charge in [0.05, 0.1) is 0 Å². The molecule has 4 aromatic rings. The van der Waals surface area contributed by atoms with E-state index in [1.54, 1.807) is 12.1 Å². The van der Waals surface area contributed by atoms with Gasteiger partial charge in [0.15, 0.2) is 0 Å². The first kappa shape index (κ1) is 23.7. The van der Waals surface area contributed by atoms with E-state index in [4.69, 9.17) is 22.3 Å². The average molecular weight is 469 g/mol. The number of nitrogens with two attached hydrogens (primary N) is 2. The van der Waals surface area contributed by atoms with Crippen molar-refractivity contribution in [3.8, 4) is 11.3 Å². The number of hydrogen-bond donors (Lipinski definition) is 7. The molecular weight excluding hydrogens is 440 g/mol.